The van der Waals surface area contributed by atoms with Gasteiger partial charge in [0.05, 0.1) is 12.2 Å². The van der Waals surface area contributed by atoms with Crippen LogP contribution < -0.4 is 4.74 Å². The second-order valence-corrected chi connectivity index (χ2v) is 18.5. The SMILES string of the molecule is C#C[C@H](O)C[C@@H]1[C@@H](/C=C/[C@H](COc2ccccc2)OC2CCCCO2)[C@H](OC2CCCCO2)C[C@@H]1O[Si](C)(C)C(C)(C)C. The molecule has 1 N–H and O–H groups in total. The highest BCUT2D eigenvalue weighted by atomic mass is 28.4. The van der Waals surface area contributed by atoms with Gasteiger partial charge < -0.3 is 33.2 Å². The van der Waals surface area contributed by atoms with Gasteiger partial charge in [-0.1, -0.05) is 57.0 Å². The number of ether oxygens (including phenoxy) is 5. The first-order valence-corrected chi connectivity index (χ1v) is 19.2. The van der Waals surface area contributed by atoms with Crippen molar-refractivity contribution in [3.05, 3.63) is 42.5 Å². The van der Waals surface area contributed by atoms with Gasteiger partial charge in [0.1, 0.15) is 24.6 Å². The van der Waals surface area contributed by atoms with Gasteiger partial charge >= 0.3 is 0 Å². The Morgan fingerprint density at radius 1 is 1.02 bits per heavy atom. The molecular weight excluding hydrogens is 560 g/mol. The van der Waals surface area contributed by atoms with Gasteiger partial charge in [-0.25, -0.2) is 0 Å². The minimum Gasteiger partial charge on any atom is -0.491 e. The summed E-state index contributed by atoms with van der Waals surface area (Å²) in [6, 6.07) is 9.79. The Hall–Kier alpha value is -1.70. The van der Waals surface area contributed by atoms with E-state index in [9.17, 15) is 5.11 Å². The molecule has 0 aromatic heterocycles. The van der Waals surface area contributed by atoms with Crippen molar-refractivity contribution in [1.82, 2.24) is 0 Å². The second kappa shape index (κ2) is 16.0. The third-order valence-electron chi connectivity index (χ3n) is 9.44. The third-order valence-corrected chi connectivity index (χ3v) is 13.9. The smallest absolute Gasteiger partial charge is 0.192 e. The lowest BCUT2D eigenvalue weighted by molar-refractivity contribution is -0.193. The van der Waals surface area contributed by atoms with Crippen molar-refractivity contribution in [3.63, 3.8) is 0 Å². The summed E-state index contributed by atoms with van der Waals surface area (Å²) in [6.45, 7) is 13.1. The molecule has 0 bridgehead atoms. The fraction of sp³-hybridized carbons (Fsp3) is 0.714. The van der Waals surface area contributed by atoms with Crippen molar-refractivity contribution in [2.24, 2.45) is 11.8 Å². The molecule has 2 heterocycles. The topological polar surface area (TPSA) is 75.6 Å². The number of hydrogen-bond acceptors (Lipinski definition) is 7. The molecule has 1 saturated carbocycles. The predicted octanol–water partition coefficient (Wildman–Crippen LogP) is 6.86. The number of aliphatic hydroxyl groups excluding tert-OH is 1. The minimum atomic E-state index is -2.11. The van der Waals surface area contributed by atoms with Crippen LogP contribution in [0, 0.1) is 24.2 Å². The van der Waals surface area contributed by atoms with Crippen LogP contribution in [0.25, 0.3) is 0 Å². The monoisotopic (exact) mass is 614 g/mol. The molecule has 2 unspecified atom stereocenters. The van der Waals surface area contributed by atoms with Crippen molar-refractivity contribution >= 4 is 8.32 Å². The molecule has 1 aromatic rings. The predicted molar refractivity (Wildman–Crippen MR) is 171 cm³/mol. The largest absolute Gasteiger partial charge is 0.491 e. The second-order valence-electron chi connectivity index (χ2n) is 13.8. The van der Waals surface area contributed by atoms with Crippen LogP contribution in [0.5, 0.6) is 5.75 Å². The van der Waals surface area contributed by atoms with E-state index in [0.717, 1.165) is 57.3 Å². The highest BCUT2D eigenvalue weighted by Gasteiger charge is 2.49. The minimum absolute atomic E-state index is 0.0216. The highest BCUT2D eigenvalue weighted by molar-refractivity contribution is 6.74. The average molecular weight is 615 g/mol. The zero-order chi connectivity index (χ0) is 30.9. The van der Waals surface area contributed by atoms with Gasteiger partial charge in [-0.05, 0) is 87.5 Å². The van der Waals surface area contributed by atoms with E-state index in [1.165, 1.54) is 0 Å². The molecule has 43 heavy (non-hydrogen) atoms. The molecule has 8 atom stereocenters. The maximum atomic E-state index is 10.7. The van der Waals surface area contributed by atoms with Gasteiger partial charge in [0.25, 0.3) is 0 Å². The van der Waals surface area contributed by atoms with E-state index in [2.05, 4.69) is 51.9 Å². The summed E-state index contributed by atoms with van der Waals surface area (Å²) in [6.07, 6.45) is 15.3. The summed E-state index contributed by atoms with van der Waals surface area (Å²) in [4.78, 5) is 0. The number of terminal acetylenes is 1. The van der Waals surface area contributed by atoms with Crippen LogP contribution in [-0.2, 0) is 23.4 Å². The van der Waals surface area contributed by atoms with Gasteiger partial charge in [0, 0.05) is 19.1 Å². The van der Waals surface area contributed by atoms with Gasteiger partial charge in [0.2, 0.25) is 0 Å². The summed E-state index contributed by atoms with van der Waals surface area (Å²) in [5.74, 6) is 3.27. The molecule has 0 radical (unpaired) electrons. The quantitative estimate of drug-likeness (QED) is 0.148. The van der Waals surface area contributed by atoms with Crippen LogP contribution in [-0.4, -0.2) is 70.2 Å². The maximum absolute atomic E-state index is 10.7. The Kier molecular flexibility index (Phi) is 12.7. The van der Waals surface area contributed by atoms with E-state index < -0.39 is 14.4 Å². The van der Waals surface area contributed by atoms with Crippen LogP contribution in [0.4, 0.5) is 0 Å². The number of rotatable bonds is 13. The molecular formula is C35H54O7Si. The van der Waals surface area contributed by atoms with Crippen molar-refractivity contribution in [3.8, 4) is 18.1 Å². The summed E-state index contributed by atoms with van der Waals surface area (Å²) >= 11 is 0. The lowest BCUT2D eigenvalue weighted by Crippen LogP contribution is -2.45. The van der Waals surface area contributed by atoms with Crippen LogP contribution >= 0.6 is 0 Å². The third kappa shape index (κ3) is 10.2. The first kappa shape index (κ1) is 34.2. The van der Waals surface area contributed by atoms with Crippen LogP contribution in [0.15, 0.2) is 42.5 Å². The van der Waals surface area contributed by atoms with Gasteiger partial charge in [0.15, 0.2) is 20.9 Å². The molecule has 2 saturated heterocycles. The van der Waals surface area contributed by atoms with E-state index >= 15 is 0 Å². The standard InChI is InChI=1S/C35H54O7Si/c1-7-26(36)23-30-29(20-19-28(40-33-17-11-13-21-37-33)25-39-27-15-9-8-10-16-27)31(41-34-18-12-14-22-38-34)24-32(30)42-43(5,6)35(2,3)4/h1,8-10,15-16,19-20,26,28-34,36H,11-14,17-18,21-25H2,2-6H3/b20-19+/t26-,28+,29+,30+,31+,32-,33?,34?/m0/s1. The van der Waals surface area contributed by atoms with Crippen molar-refractivity contribution in [1.29, 1.82) is 0 Å². The fourth-order valence-electron chi connectivity index (χ4n) is 5.94. The lowest BCUT2D eigenvalue weighted by Gasteiger charge is -2.40. The van der Waals surface area contributed by atoms with Crippen LogP contribution in [0.2, 0.25) is 18.1 Å². The number of para-hydroxylation sites is 1. The molecule has 3 aliphatic rings. The molecule has 1 aliphatic carbocycles. The van der Waals surface area contributed by atoms with E-state index in [1.807, 2.05) is 30.3 Å². The summed E-state index contributed by atoms with van der Waals surface area (Å²) in [5, 5.41) is 10.7. The molecule has 4 rings (SSSR count). The van der Waals surface area contributed by atoms with Gasteiger partial charge in [-0.3, -0.25) is 0 Å². The fourth-order valence-corrected chi connectivity index (χ4v) is 7.32. The lowest BCUT2D eigenvalue weighted by atomic mass is 9.88. The molecule has 240 valence electrons. The molecule has 8 heteroatoms. The Morgan fingerprint density at radius 3 is 2.30 bits per heavy atom. The van der Waals surface area contributed by atoms with Crippen molar-refractivity contribution in [2.75, 3.05) is 19.8 Å². The summed E-state index contributed by atoms with van der Waals surface area (Å²) in [7, 11) is -2.11. The van der Waals surface area contributed by atoms with E-state index in [0.29, 0.717) is 19.6 Å². The number of benzene rings is 1. The Balaban J connectivity index is 1.60. The first-order valence-electron chi connectivity index (χ1n) is 16.3. The number of aliphatic hydroxyl groups is 1. The zero-order valence-electron chi connectivity index (χ0n) is 26.9. The molecule has 3 fully saturated rings. The van der Waals surface area contributed by atoms with E-state index in [-0.39, 0.29) is 47.8 Å². The van der Waals surface area contributed by atoms with Gasteiger partial charge in [-0.15, -0.1) is 6.42 Å². The zero-order valence-corrected chi connectivity index (χ0v) is 27.9. The summed E-state index contributed by atoms with van der Waals surface area (Å²) in [5.41, 5.74) is 0. The Labute approximate surface area is 260 Å². The highest BCUT2D eigenvalue weighted by Crippen LogP contribution is 2.46. The summed E-state index contributed by atoms with van der Waals surface area (Å²) < 4.78 is 38.2. The molecule has 7 nitrogen and oxygen atoms in total. The molecule has 2 aliphatic heterocycles. The maximum Gasteiger partial charge on any atom is 0.192 e. The first-order chi connectivity index (χ1) is 20.6. The van der Waals surface area contributed by atoms with Crippen molar-refractivity contribution < 1.29 is 33.2 Å². The van der Waals surface area contributed by atoms with Gasteiger partial charge in [-0.2, -0.15) is 0 Å². The molecule has 0 spiro atoms. The van der Waals surface area contributed by atoms with Crippen LogP contribution in [0.1, 0.15) is 72.1 Å². The van der Waals surface area contributed by atoms with Crippen LogP contribution in [0.3, 0.4) is 0 Å². The average Bonchev–Trinajstić information content (AvgIpc) is 3.29. The molecule has 1 aromatic carbocycles. The van der Waals surface area contributed by atoms with Crippen molar-refractivity contribution in [2.45, 2.75) is 127 Å². The normalized spacial score (nSPS) is 30.2. The molecule has 0 amide bonds. The Bertz CT molecular complexity index is 1020. The number of hydrogen-bond donors (Lipinski definition) is 1. The van der Waals surface area contributed by atoms with E-state index in [1.54, 1.807) is 0 Å². The van der Waals surface area contributed by atoms with E-state index in [4.69, 9.17) is 34.5 Å². The Morgan fingerprint density at radius 2 is 1.70 bits per heavy atom.